The summed E-state index contributed by atoms with van der Waals surface area (Å²) in [5.74, 6) is 0.180. The molecule has 108 valence electrons. The van der Waals surface area contributed by atoms with E-state index < -0.39 is 0 Å². The maximum atomic E-state index is 12.4. The van der Waals surface area contributed by atoms with Gasteiger partial charge >= 0.3 is 0 Å². The summed E-state index contributed by atoms with van der Waals surface area (Å²) in [6, 6.07) is 14.1. The zero-order valence-corrected chi connectivity index (χ0v) is 12.3. The van der Waals surface area contributed by atoms with Crippen LogP contribution in [0.4, 0.5) is 0 Å². The number of likely N-dealkylation sites (tertiary alicyclic amines) is 1. The molecular weight excluding hydrogens is 260 g/mol. The van der Waals surface area contributed by atoms with E-state index in [0.29, 0.717) is 0 Å². The van der Waals surface area contributed by atoms with Gasteiger partial charge in [0, 0.05) is 24.8 Å². The smallest absolute Gasteiger partial charge is 0.229 e. The molecule has 3 heteroatoms. The quantitative estimate of drug-likeness (QED) is 0.862. The van der Waals surface area contributed by atoms with Crippen LogP contribution in [0.5, 0.6) is 0 Å². The van der Waals surface area contributed by atoms with E-state index in [-0.39, 0.29) is 11.8 Å². The number of aromatic nitrogens is 1. The number of amides is 1. The molecule has 2 aromatic rings. The molecule has 1 atom stereocenters. The van der Waals surface area contributed by atoms with Gasteiger partial charge in [-0.3, -0.25) is 9.78 Å². The van der Waals surface area contributed by atoms with Gasteiger partial charge in [0.05, 0.1) is 11.6 Å². The van der Waals surface area contributed by atoms with Crippen molar-refractivity contribution in [3.05, 3.63) is 54.2 Å². The van der Waals surface area contributed by atoms with E-state index >= 15 is 0 Å². The largest absolute Gasteiger partial charge is 0.342 e. The van der Waals surface area contributed by atoms with Crippen molar-refractivity contribution in [3.8, 4) is 11.3 Å². The predicted molar refractivity (Wildman–Crippen MR) is 83.9 cm³/mol. The van der Waals surface area contributed by atoms with Gasteiger partial charge in [-0.1, -0.05) is 30.3 Å². The van der Waals surface area contributed by atoms with E-state index in [1.54, 1.807) is 6.20 Å². The Labute approximate surface area is 125 Å². The van der Waals surface area contributed by atoms with Gasteiger partial charge in [-0.05, 0) is 37.5 Å². The standard InChI is InChI=1S/C18H20N2O/c1-14(18(21)20-12-4-5-13-20)15-7-9-16(10-8-15)17-6-2-3-11-19-17/h2-3,6-11,14H,4-5,12-13H2,1H3/t14-/m0/s1. The van der Waals surface area contributed by atoms with Crippen LogP contribution in [0.15, 0.2) is 48.7 Å². The fourth-order valence-electron chi connectivity index (χ4n) is 2.83. The van der Waals surface area contributed by atoms with E-state index in [4.69, 9.17) is 0 Å². The summed E-state index contributed by atoms with van der Waals surface area (Å²) >= 11 is 0. The number of carbonyl (C=O) groups is 1. The second kappa shape index (κ2) is 6.08. The van der Waals surface area contributed by atoms with E-state index in [9.17, 15) is 4.79 Å². The Kier molecular flexibility index (Phi) is 4.00. The Bertz CT molecular complexity index is 601. The number of benzene rings is 1. The van der Waals surface area contributed by atoms with Crippen molar-refractivity contribution in [3.63, 3.8) is 0 Å². The van der Waals surface area contributed by atoms with Crippen LogP contribution in [-0.4, -0.2) is 28.9 Å². The molecular formula is C18H20N2O. The highest BCUT2D eigenvalue weighted by molar-refractivity contribution is 5.83. The highest BCUT2D eigenvalue weighted by atomic mass is 16.2. The molecule has 0 unspecified atom stereocenters. The zero-order chi connectivity index (χ0) is 14.7. The summed E-state index contributed by atoms with van der Waals surface area (Å²) in [4.78, 5) is 18.7. The summed E-state index contributed by atoms with van der Waals surface area (Å²) in [5.41, 5.74) is 3.12. The average Bonchev–Trinajstić information content (AvgIpc) is 3.09. The first-order chi connectivity index (χ1) is 10.3. The van der Waals surface area contributed by atoms with Crippen molar-refractivity contribution in [1.29, 1.82) is 0 Å². The number of hydrogen-bond acceptors (Lipinski definition) is 2. The summed E-state index contributed by atoms with van der Waals surface area (Å²) in [6.45, 7) is 3.82. The van der Waals surface area contributed by atoms with Gasteiger partial charge in [-0.2, -0.15) is 0 Å². The lowest BCUT2D eigenvalue weighted by Crippen LogP contribution is -2.31. The van der Waals surface area contributed by atoms with Gasteiger partial charge in [0.2, 0.25) is 5.91 Å². The molecule has 21 heavy (non-hydrogen) atoms. The van der Waals surface area contributed by atoms with Crippen molar-refractivity contribution >= 4 is 5.91 Å². The third-order valence-corrected chi connectivity index (χ3v) is 4.16. The second-order valence-corrected chi connectivity index (χ2v) is 5.59. The molecule has 3 nitrogen and oxygen atoms in total. The fourth-order valence-corrected chi connectivity index (χ4v) is 2.83. The summed E-state index contributed by atoms with van der Waals surface area (Å²) in [6.07, 6.45) is 4.07. The molecule has 1 saturated heterocycles. The third-order valence-electron chi connectivity index (χ3n) is 4.16. The lowest BCUT2D eigenvalue weighted by Gasteiger charge is -2.20. The minimum absolute atomic E-state index is 0.0686. The Morgan fingerprint density at radius 3 is 2.43 bits per heavy atom. The van der Waals surface area contributed by atoms with Crippen LogP contribution in [0.3, 0.4) is 0 Å². The molecule has 0 bridgehead atoms. The minimum atomic E-state index is -0.0686. The van der Waals surface area contributed by atoms with E-state index in [1.807, 2.05) is 54.3 Å². The van der Waals surface area contributed by atoms with Crippen LogP contribution >= 0.6 is 0 Å². The first-order valence-corrected chi connectivity index (χ1v) is 7.56. The topological polar surface area (TPSA) is 33.2 Å². The third kappa shape index (κ3) is 2.97. The van der Waals surface area contributed by atoms with Crippen LogP contribution in [0.25, 0.3) is 11.3 Å². The molecule has 1 fully saturated rings. The highest BCUT2D eigenvalue weighted by Crippen LogP contribution is 2.24. The van der Waals surface area contributed by atoms with Crippen molar-refractivity contribution in [2.45, 2.75) is 25.7 Å². The van der Waals surface area contributed by atoms with Gasteiger partial charge in [0.15, 0.2) is 0 Å². The Morgan fingerprint density at radius 2 is 1.81 bits per heavy atom. The molecule has 1 aromatic carbocycles. The molecule has 1 amide bonds. The normalized spacial score (nSPS) is 16.0. The molecule has 1 aromatic heterocycles. The Morgan fingerprint density at radius 1 is 1.10 bits per heavy atom. The number of nitrogens with zero attached hydrogens (tertiary/aromatic N) is 2. The average molecular weight is 280 g/mol. The number of carbonyl (C=O) groups excluding carboxylic acids is 1. The second-order valence-electron chi connectivity index (χ2n) is 5.59. The summed E-state index contributed by atoms with van der Waals surface area (Å²) < 4.78 is 0. The maximum Gasteiger partial charge on any atom is 0.229 e. The molecule has 1 aliphatic rings. The summed E-state index contributed by atoms with van der Waals surface area (Å²) in [7, 11) is 0. The fraction of sp³-hybridized carbons (Fsp3) is 0.333. The SMILES string of the molecule is C[C@H](C(=O)N1CCCC1)c1ccc(-c2ccccn2)cc1. The first kappa shape index (κ1) is 13.8. The molecule has 0 aliphatic carbocycles. The lowest BCUT2D eigenvalue weighted by atomic mass is 9.97. The lowest BCUT2D eigenvalue weighted by molar-refractivity contribution is -0.131. The van der Waals surface area contributed by atoms with Crippen molar-refractivity contribution in [2.24, 2.45) is 0 Å². The number of pyridine rings is 1. The number of hydrogen-bond donors (Lipinski definition) is 0. The van der Waals surface area contributed by atoms with Crippen molar-refractivity contribution in [1.82, 2.24) is 9.88 Å². The molecule has 2 heterocycles. The molecule has 3 rings (SSSR count). The van der Waals surface area contributed by atoms with Crippen LogP contribution in [0, 0.1) is 0 Å². The number of rotatable bonds is 3. The summed E-state index contributed by atoms with van der Waals surface area (Å²) in [5, 5.41) is 0. The van der Waals surface area contributed by atoms with Crippen molar-refractivity contribution in [2.75, 3.05) is 13.1 Å². The van der Waals surface area contributed by atoms with Gasteiger partial charge in [0.1, 0.15) is 0 Å². The van der Waals surface area contributed by atoms with E-state index in [1.165, 1.54) is 0 Å². The molecule has 0 spiro atoms. The predicted octanol–water partition coefficient (Wildman–Crippen LogP) is 3.47. The minimum Gasteiger partial charge on any atom is -0.342 e. The van der Waals surface area contributed by atoms with Gasteiger partial charge < -0.3 is 4.90 Å². The van der Waals surface area contributed by atoms with Gasteiger partial charge in [-0.15, -0.1) is 0 Å². The van der Waals surface area contributed by atoms with Gasteiger partial charge in [-0.25, -0.2) is 0 Å². The van der Waals surface area contributed by atoms with Crippen LogP contribution in [-0.2, 0) is 4.79 Å². The molecule has 0 saturated carbocycles. The van der Waals surface area contributed by atoms with Crippen LogP contribution in [0.2, 0.25) is 0 Å². The monoisotopic (exact) mass is 280 g/mol. The Balaban J connectivity index is 1.76. The van der Waals surface area contributed by atoms with E-state index in [2.05, 4.69) is 4.98 Å². The Hall–Kier alpha value is -2.16. The maximum absolute atomic E-state index is 12.4. The van der Waals surface area contributed by atoms with Crippen molar-refractivity contribution < 1.29 is 4.79 Å². The zero-order valence-electron chi connectivity index (χ0n) is 12.3. The molecule has 0 N–H and O–H groups in total. The van der Waals surface area contributed by atoms with Crippen LogP contribution < -0.4 is 0 Å². The highest BCUT2D eigenvalue weighted by Gasteiger charge is 2.24. The van der Waals surface area contributed by atoms with E-state index in [0.717, 1.165) is 42.8 Å². The molecule has 0 radical (unpaired) electrons. The molecule has 1 aliphatic heterocycles. The van der Waals surface area contributed by atoms with Gasteiger partial charge in [0.25, 0.3) is 0 Å². The van der Waals surface area contributed by atoms with Crippen LogP contribution in [0.1, 0.15) is 31.2 Å². The first-order valence-electron chi connectivity index (χ1n) is 7.56.